The quantitative estimate of drug-likeness (QED) is 0.857. The van der Waals surface area contributed by atoms with Crippen molar-refractivity contribution in [1.82, 2.24) is 4.90 Å². The maximum atomic E-state index is 12.4. The molecule has 25 heavy (non-hydrogen) atoms. The number of carbonyl (C=O) groups is 1. The van der Waals surface area contributed by atoms with Gasteiger partial charge in [0.2, 0.25) is 0 Å². The molecule has 0 saturated carbocycles. The van der Waals surface area contributed by atoms with Crippen molar-refractivity contribution in [3.8, 4) is 5.75 Å². The summed E-state index contributed by atoms with van der Waals surface area (Å²) in [4.78, 5) is 14.1. The zero-order valence-electron chi connectivity index (χ0n) is 14.9. The van der Waals surface area contributed by atoms with E-state index in [0.717, 1.165) is 38.9 Å². The van der Waals surface area contributed by atoms with Crippen LogP contribution >= 0.6 is 0 Å². The smallest absolute Gasteiger partial charge is 0.321 e. The molecule has 1 N–H and O–H groups in total. The summed E-state index contributed by atoms with van der Waals surface area (Å²) in [6.07, 6.45) is 5.70. The van der Waals surface area contributed by atoms with Crippen molar-refractivity contribution < 1.29 is 19.0 Å². The van der Waals surface area contributed by atoms with Crippen LogP contribution in [0.4, 0.5) is 10.5 Å². The molecule has 2 atom stereocenters. The van der Waals surface area contributed by atoms with Crippen molar-refractivity contribution in [3.63, 3.8) is 0 Å². The second-order valence-corrected chi connectivity index (χ2v) is 6.74. The third kappa shape index (κ3) is 5.34. The minimum atomic E-state index is -0.152. The van der Waals surface area contributed by atoms with E-state index in [4.69, 9.17) is 14.2 Å². The topological polar surface area (TPSA) is 60.0 Å². The van der Waals surface area contributed by atoms with Crippen LogP contribution in [0, 0.1) is 0 Å². The number of benzene rings is 1. The Hall–Kier alpha value is -1.79. The molecule has 6 nitrogen and oxygen atoms in total. The summed E-state index contributed by atoms with van der Waals surface area (Å²) in [5.74, 6) is 0.676. The predicted molar refractivity (Wildman–Crippen MR) is 96.2 cm³/mol. The maximum absolute atomic E-state index is 12.4. The van der Waals surface area contributed by atoms with Gasteiger partial charge in [0.05, 0.1) is 17.9 Å². The van der Waals surface area contributed by atoms with Crippen LogP contribution in [0.5, 0.6) is 5.75 Å². The Morgan fingerprint density at radius 3 is 2.68 bits per heavy atom. The monoisotopic (exact) mass is 348 g/mol. The van der Waals surface area contributed by atoms with E-state index in [1.54, 1.807) is 11.9 Å². The molecule has 0 spiro atoms. The minimum Gasteiger partial charge on any atom is -0.489 e. The van der Waals surface area contributed by atoms with Gasteiger partial charge < -0.3 is 24.4 Å². The second kappa shape index (κ2) is 9.06. The number of para-hydroxylation sites is 2. The number of nitrogens with zero attached hydrogens (tertiary/aromatic N) is 1. The molecule has 1 aromatic carbocycles. The van der Waals surface area contributed by atoms with E-state index in [9.17, 15) is 4.79 Å². The highest BCUT2D eigenvalue weighted by Crippen LogP contribution is 2.25. The molecular weight excluding hydrogens is 320 g/mol. The highest BCUT2D eigenvalue weighted by molar-refractivity contribution is 5.90. The van der Waals surface area contributed by atoms with E-state index in [1.165, 1.54) is 6.42 Å². The fourth-order valence-electron chi connectivity index (χ4n) is 3.20. The Kier molecular flexibility index (Phi) is 6.53. The number of nitrogens with one attached hydrogen (secondary N) is 1. The average molecular weight is 348 g/mol. The number of amides is 2. The molecule has 2 unspecified atom stereocenters. The van der Waals surface area contributed by atoms with E-state index in [1.807, 2.05) is 24.3 Å². The number of hydrogen-bond acceptors (Lipinski definition) is 4. The summed E-state index contributed by atoms with van der Waals surface area (Å²) in [6, 6.07) is 7.37. The van der Waals surface area contributed by atoms with Crippen LogP contribution < -0.4 is 10.1 Å². The summed E-state index contributed by atoms with van der Waals surface area (Å²) in [7, 11) is 1.79. The van der Waals surface area contributed by atoms with Crippen molar-refractivity contribution in [2.24, 2.45) is 0 Å². The van der Waals surface area contributed by atoms with E-state index >= 15 is 0 Å². The molecule has 2 aliphatic heterocycles. The summed E-state index contributed by atoms with van der Waals surface area (Å²) in [6.45, 7) is 2.71. The van der Waals surface area contributed by atoms with Crippen LogP contribution in [-0.4, -0.2) is 56.6 Å². The van der Waals surface area contributed by atoms with Crippen LogP contribution in [0.3, 0.4) is 0 Å². The van der Waals surface area contributed by atoms with E-state index in [0.29, 0.717) is 24.6 Å². The number of anilines is 1. The lowest BCUT2D eigenvalue weighted by Gasteiger charge is -2.24. The molecule has 0 aromatic heterocycles. The minimum absolute atomic E-state index is 0.139. The number of ether oxygens (including phenoxy) is 3. The van der Waals surface area contributed by atoms with Gasteiger partial charge in [0.1, 0.15) is 12.4 Å². The largest absolute Gasteiger partial charge is 0.489 e. The first kappa shape index (κ1) is 18.0. The van der Waals surface area contributed by atoms with Crippen LogP contribution in [0.2, 0.25) is 0 Å². The molecule has 0 bridgehead atoms. The normalized spacial score (nSPS) is 23.2. The molecule has 1 aromatic rings. The first-order chi connectivity index (χ1) is 12.2. The SMILES string of the molecule is CN(CC1CCCO1)C(=O)Nc1ccccc1OCC1CCCCO1. The van der Waals surface area contributed by atoms with Crippen molar-refractivity contribution in [2.75, 3.05) is 38.7 Å². The number of likely N-dealkylation sites (N-methyl/N-ethyl adjacent to an activating group) is 1. The molecule has 2 amide bonds. The van der Waals surface area contributed by atoms with Crippen molar-refractivity contribution in [1.29, 1.82) is 0 Å². The highest BCUT2D eigenvalue weighted by atomic mass is 16.5. The number of rotatable bonds is 6. The maximum Gasteiger partial charge on any atom is 0.321 e. The zero-order chi connectivity index (χ0) is 17.5. The van der Waals surface area contributed by atoms with Crippen molar-refractivity contribution in [3.05, 3.63) is 24.3 Å². The fourth-order valence-corrected chi connectivity index (χ4v) is 3.20. The Bertz CT molecular complexity index is 554. The molecule has 2 fully saturated rings. The van der Waals surface area contributed by atoms with Gasteiger partial charge >= 0.3 is 6.03 Å². The van der Waals surface area contributed by atoms with E-state index < -0.39 is 0 Å². The standard InChI is InChI=1S/C19H28N2O4/c1-21(13-15-8-6-12-23-15)19(22)20-17-9-2-3-10-18(17)25-14-16-7-4-5-11-24-16/h2-3,9-10,15-16H,4-8,11-14H2,1H3,(H,20,22). The summed E-state index contributed by atoms with van der Waals surface area (Å²) < 4.78 is 17.2. The van der Waals surface area contributed by atoms with Gasteiger partial charge in [0.25, 0.3) is 0 Å². The Balaban J connectivity index is 1.53. The summed E-state index contributed by atoms with van der Waals surface area (Å²) in [5.41, 5.74) is 0.683. The van der Waals surface area contributed by atoms with Gasteiger partial charge in [-0.1, -0.05) is 12.1 Å². The number of carbonyl (C=O) groups excluding carboxylic acids is 1. The fraction of sp³-hybridized carbons (Fsp3) is 0.632. The van der Waals surface area contributed by atoms with Gasteiger partial charge in [-0.25, -0.2) is 4.79 Å². The summed E-state index contributed by atoms with van der Waals surface area (Å²) >= 11 is 0. The first-order valence-electron chi connectivity index (χ1n) is 9.19. The average Bonchev–Trinajstić information content (AvgIpc) is 3.15. The molecule has 0 aliphatic carbocycles. The molecule has 2 saturated heterocycles. The molecule has 2 heterocycles. The lowest BCUT2D eigenvalue weighted by Crippen LogP contribution is -2.37. The van der Waals surface area contributed by atoms with Crippen LogP contribution in [-0.2, 0) is 9.47 Å². The van der Waals surface area contributed by atoms with Crippen molar-refractivity contribution in [2.45, 2.75) is 44.3 Å². The van der Waals surface area contributed by atoms with Crippen molar-refractivity contribution >= 4 is 11.7 Å². The van der Waals surface area contributed by atoms with Gasteiger partial charge in [-0.3, -0.25) is 0 Å². The lowest BCUT2D eigenvalue weighted by atomic mass is 10.1. The van der Waals surface area contributed by atoms with Crippen LogP contribution in [0.1, 0.15) is 32.1 Å². The first-order valence-corrected chi connectivity index (χ1v) is 9.19. The predicted octanol–water partition coefficient (Wildman–Crippen LogP) is 3.28. The van der Waals surface area contributed by atoms with Gasteiger partial charge in [0.15, 0.2) is 0 Å². The molecular formula is C19H28N2O4. The van der Waals surface area contributed by atoms with Gasteiger partial charge in [-0.05, 0) is 44.2 Å². The van der Waals surface area contributed by atoms with E-state index in [-0.39, 0.29) is 18.2 Å². The third-order valence-electron chi connectivity index (χ3n) is 4.68. The number of urea groups is 1. The molecule has 6 heteroatoms. The highest BCUT2D eigenvalue weighted by Gasteiger charge is 2.21. The molecule has 2 aliphatic rings. The van der Waals surface area contributed by atoms with Crippen LogP contribution in [0.25, 0.3) is 0 Å². The van der Waals surface area contributed by atoms with Gasteiger partial charge in [0, 0.05) is 26.8 Å². The Morgan fingerprint density at radius 2 is 1.92 bits per heavy atom. The van der Waals surface area contributed by atoms with Gasteiger partial charge in [-0.15, -0.1) is 0 Å². The Morgan fingerprint density at radius 1 is 1.16 bits per heavy atom. The third-order valence-corrected chi connectivity index (χ3v) is 4.68. The molecule has 138 valence electrons. The Labute approximate surface area is 149 Å². The molecule has 3 rings (SSSR count). The molecule has 0 radical (unpaired) electrons. The zero-order valence-corrected chi connectivity index (χ0v) is 14.9. The lowest BCUT2D eigenvalue weighted by molar-refractivity contribution is -0.0109. The van der Waals surface area contributed by atoms with Gasteiger partial charge in [-0.2, -0.15) is 0 Å². The second-order valence-electron chi connectivity index (χ2n) is 6.74. The van der Waals surface area contributed by atoms with Crippen LogP contribution in [0.15, 0.2) is 24.3 Å². The summed E-state index contributed by atoms with van der Waals surface area (Å²) in [5, 5.41) is 2.94. The van der Waals surface area contributed by atoms with E-state index in [2.05, 4.69) is 5.32 Å². The number of hydrogen-bond donors (Lipinski definition) is 1.